The van der Waals surface area contributed by atoms with Crippen molar-refractivity contribution < 1.29 is 19.1 Å². The third-order valence-electron chi connectivity index (χ3n) is 6.35. The molecular weight excluding hydrogens is 368 g/mol. The summed E-state index contributed by atoms with van der Waals surface area (Å²) < 4.78 is 11.5. The molecule has 1 aliphatic carbocycles. The Morgan fingerprint density at radius 1 is 1.14 bits per heavy atom. The second-order valence-corrected chi connectivity index (χ2v) is 8.25. The van der Waals surface area contributed by atoms with Crippen molar-refractivity contribution >= 4 is 11.7 Å². The molecular formula is C23H34N2O4. The quantitative estimate of drug-likeness (QED) is 0.639. The van der Waals surface area contributed by atoms with Gasteiger partial charge in [-0.1, -0.05) is 26.8 Å². The highest BCUT2D eigenvalue weighted by Gasteiger charge is 2.35. The molecule has 1 saturated carbocycles. The van der Waals surface area contributed by atoms with Gasteiger partial charge in [-0.3, -0.25) is 9.59 Å². The number of nitrogens with zero attached hydrogens (tertiary/aromatic N) is 1. The lowest BCUT2D eigenvalue weighted by Crippen LogP contribution is -2.53. The highest BCUT2D eigenvalue weighted by Crippen LogP contribution is 2.35. The SMILES string of the molecule is CCC(=O)C(CC)(CC)NC(=O)c1ccc(C2CCOCC2)c(OCC2CC2)n1. The van der Waals surface area contributed by atoms with Crippen molar-refractivity contribution in [3.05, 3.63) is 23.4 Å². The van der Waals surface area contributed by atoms with Crippen LogP contribution in [0.1, 0.15) is 87.7 Å². The van der Waals surface area contributed by atoms with Gasteiger partial charge in [0.15, 0.2) is 5.78 Å². The molecule has 160 valence electrons. The predicted molar refractivity (Wildman–Crippen MR) is 111 cm³/mol. The zero-order valence-electron chi connectivity index (χ0n) is 18.0. The van der Waals surface area contributed by atoms with E-state index in [1.54, 1.807) is 6.07 Å². The van der Waals surface area contributed by atoms with Crippen LogP contribution in [-0.4, -0.2) is 42.0 Å². The highest BCUT2D eigenvalue weighted by atomic mass is 16.5. The Morgan fingerprint density at radius 3 is 2.41 bits per heavy atom. The Kier molecular flexibility index (Phi) is 7.28. The average Bonchev–Trinajstić information content (AvgIpc) is 3.60. The van der Waals surface area contributed by atoms with Crippen LogP contribution in [0.3, 0.4) is 0 Å². The number of nitrogens with one attached hydrogen (secondary N) is 1. The number of rotatable bonds is 10. The summed E-state index contributed by atoms with van der Waals surface area (Å²) in [6.07, 6.45) is 5.79. The molecule has 3 rings (SSSR count). The van der Waals surface area contributed by atoms with Crippen molar-refractivity contribution in [1.82, 2.24) is 10.3 Å². The predicted octanol–water partition coefficient (Wildman–Crippen LogP) is 4.03. The molecule has 29 heavy (non-hydrogen) atoms. The number of Topliss-reactive ketones (excluding diaryl/α,β-unsaturated/α-hetero) is 1. The topological polar surface area (TPSA) is 77.5 Å². The van der Waals surface area contributed by atoms with Crippen LogP contribution in [-0.2, 0) is 9.53 Å². The molecule has 0 spiro atoms. The Hall–Kier alpha value is -1.95. The summed E-state index contributed by atoms with van der Waals surface area (Å²) in [7, 11) is 0. The van der Waals surface area contributed by atoms with Crippen LogP contribution in [0.5, 0.6) is 5.88 Å². The van der Waals surface area contributed by atoms with Crippen molar-refractivity contribution in [2.45, 2.75) is 77.2 Å². The maximum absolute atomic E-state index is 13.0. The molecule has 0 atom stereocenters. The van der Waals surface area contributed by atoms with E-state index < -0.39 is 5.54 Å². The lowest BCUT2D eigenvalue weighted by molar-refractivity contribution is -0.125. The molecule has 2 fully saturated rings. The average molecular weight is 403 g/mol. The Morgan fingerprint density at radius 2 is 1.83 bits per heavy atom. The van der Waals surface area contributed by atoms with Crippen molar-refractivity contribution in [3.63, 3.8) is 0 Å². The fourth-order valence-corrected chi connectivity index (χ4v) is 4.00. The van der Waals surface area contributed by atoms with Crippen LogP contribution in [0, 0.1) is 5.92 Å². The molecule has 1 amide bonds. The largest absolute Gasteiger partial charge is 0.477 e. The van der Waals surface area contributed by atoms with Crippen LogP contribution < -0.4 is 10.1 Å². The molecule has 1 aromatic rings. The molecule has 0 aromatic carbocycles. The summed E-state index contributed by atoms with van der Waals surface area (Å²) in [4.78, 5) is 30.1. The van der Waals surface area contributed by atoms with Gasteiger partial charge in [0.1, 0.15) is 5.69 Å². The molecule has 0 radical (unpaired) electrons. The van der Waals surface area contributed by atoms with Crippen LogP contribution in [0.2, 0.25) is 0 Å². The van der Waals surface area contributed by atoms with E-state index in [0.29, 0.717) is 49.3 Å². The molecule has 1 aliphatic heterocycles. The maximum Gasteiger partial charge on any atom is 0.270 e. The van der Waals surface area contributed by atoms with Gasteiger partial charge in [0, 0.05) is 25.2 Å². The Balaban J connectivity index is 1.82. The first-order valence-electron chi connectivity index (χ1n) is 11.1. The number of hydrogen-bond donors (Lipinski definition) is 1. The van der Waals surface area contributed by atoms with Gasteiger partial charge in [0.2, 0.25) is 5.88 Å². The van der Waals surface area contributed by atoms with Crippen LogP contribution in [0.4, 0.5) is 0 Å². The number of carbonyl (C=O) groups excluding carboxylic acids is 2. The summed E-state index contributed by atoms with van der Waals surface area (Å²) >= 11 is 0. The van der Waals surface area contributed by atoms with E-state index in [9.17, 15) is 9.59 Å². The standard InChI is InChI=1S/C23H34N2O4/c1-4-20(26)23(5-2,6-3)25-21(27)19-10-9-18(17-11-13-28-14-12-17)22(24-19)29-15-16-7-8-16/h9-10,16-17H,4-8,11-15H2,1-3H3,(H,25,27). The molecule has 6 heteroatoms. The molecule has 0 unspecified atom stereocenters. The first-order valence-corrected chi connectivity index (χ1v) is 11.1. The molecule has 1 N–H and O–H groups in total. The minimum absolute atomic E-state index is 0.0554. The third kappa shape index (κ3) is 5.16. The van der Waals surface area contributed by atoms with Crippen molar-refractivity contribution in [1.29, 1.82) is 0 Å². The minimum Gasteiger partial charge on any atom is -0.477 e. The monoisotopic (exact) mass is 402 g/mol. The van der Waals surface area contributed by atoms with E-state index in [4.69, 9.17) is 9.47 Å². The normalized spacial score (nSPS) is 17.8. The number of carbonyl (C=O) groups is 2. The molecule has 6 nitrogen and oxygen atoms in total. The van der Waals surface area contributed by atoms with E-state index in [2.05, 4.69) is 10.3 Å². The van der Waals surface area contributed by atoms with Crippen LogP contribution in [0.25, 0.3) is 0 Å². The van der Waals surface area contributed by atoms with Gasteiger partial charge in [-0.25, -0.2) is 4.98 Å². The fraction of sp³-hybridized carbons (Fsp3) is 0.696. The van der Waals surface area contributed by atoms with Gasteiger partial charge in [-0.2, -0.15) is 0 Å². The highest BCUT2D eigenvalue weighted by molar-refractivity contribution is 5.98. The second-order valence-electron chi connectivity index (χ2n) is 8.25. The van der Waals surface area contributed by atoms with Crippen LogP contribution >= 0.6 is 0 Å². The summed E-state index contributed by atoms with van der Waals surface area (Å²) in [5.41, 5.74) is 0.538. The third-order valence-corrected chi connectivity index (χ3v) is 6.35. The zero-order chi connectivity index (χ0) is 20.9. The maximum atomic E-state index is 13.0. The number of ketones is 1. The zero-order valence-corrected chi connectivity index (χ0v) is 18.0. The van der Waals surface area contributed by atoms with Gasteiger partial charge >= 0.3 is 0 Å². The van der Waals surface area contributed by atoms with Crippen molar-refractivity contribution in [2.24, 2.45) is 5.92 Å². The summed E-state index contributed by atoms with van der Waals surface area (Å²) in [6.45, 7) is 7.83. The first kappa shape index (κ1) is 21.8. The number of amides is 1. The lowest BCUT2D eigenvalue weighted by Gasteiger charge is -2.31. The summed E-state index contributed by atoms with van der Waals surface area (Å²) in [5.74, 6) is 1.25. The van der Waals surface area contributed by atoms with Crippen molar-refractivity contribution in [3.8, 4) is 5.88 Å². The van der Waals surface area contributed by atoms with E-state index in [1.165, 1.54) is 12.8 Å². The second kappa shape index (κ2) is 9.70. The van der Waals surface area contributed by atoms with Crippen molar-refractivity contribution in [2.75, 3.05) is 19.8 Å². The van der Waals surface area contributed by atoms with Crippen LogP contribution in [0.15, 0.2) is 12.1 Å². The molecule has 1 aromatic heterocycles. The molecule has 2 heterocycles. The van der Waals surface area contributed by atoms with Gasteiger partial charge in [-0.05, 0) is 56.4 Å². The van der Waals surface area contributed by atoms with Gasteiger partial charge in [0.25, 0.3) is 5.91 Å². The number of aromatic nitrogens is 1. The summed E-state index contributed by atoms with van der Waals surface area (Å²) in [5, 5.41) is 2.97. The number of ether oxygens (including phenoxy) is 2. The van der Waals surface area contributed by atoms with E-state index in [-0.39, 0.29) is 11.7 Å². The Labute approximate surface area is 173 Å². The Bertz CT molecular complexity index is 720. The number of pyridine rings is 1. The molecule has 2 aliphatic rings. The molecule has 0 bridgehead atoms. The summed E-state index contributed by atoms with van der Waals surface area (Å²) in [6, 6.07) is 3.73. The van der Waals surface area contributed by atoms with E-state index in [0.717, 1.165) is 31.6 Å². The lowest BCUT2D eigenvalue weighted by atomic mass is 9.86. The number of hydrogen-bond acceptors (Lipinski definition) is 5. The first-order chi connectivity index (χ1) is 14.0. The smallest absolute Gasteiger partial charge is 0.270 e. The van der Waals surface area contributed by atoms with E-state index >= 15 is 0 Å². The van der Waals surface area contributed by atoms with Gasteiger partial charge in [0.05, 0.1) is 12.1 Å². The fourth-order valence-electron chi connectivity index (χ4n) is 4.00. The minimum atomic E-state index is -0.831. The van der Waals surface area contributed by atoms with Gasteiger partial charge in [-0.15, -0.1) is 0 Å². The molecule has 1 saturated heterocycles. The van der Waals surface area contributed by atoms with E-state index in [1.807, 2.05) is 26.8 Å². The van der Waals surface area contributed by atoms with Gasteiger partial charge < -0.3 is 14.8 Å².